The summed E-state index contributed by atoms with van der Waals surface area (Å²) in [4.78, 5) is 24.2. The smallest absolute Gasteiger partial charge is 0.242 e. The number of benzene rings is 2. The second-order valence-corrected chi connectivity index (χ2v) is 8.78. The molecule has 0 saturated carbocycles. The molecule has 160 valence electrons. The molecule has 0 spiro atoms. The third-order valence-electron chi connectivity index (χ3n) is 4.56. The maximum atomic E-state index is 13.0. The fraction of sp³-hybridized carbons (Fsp3) is 0.300. The van der Waals surface area contributed by atoms with Gasteiger partial charge in [-0.15, -0.1) is 0 Å². The summed E-state index contributed by atoms with van der Waals surface area (Å²) >= 11 is 0. The third-order valence-corrected chi connectivity index (χ3v) is 6.44. The molecule has 10 heteroatoms. The monoisotopic (exact) mass is 436 g/mol. The maximum Gasteiger partial charge on any atom is 0.242 e. The molecule has 1 aliphatic rings. The number of ether oxygens (including phenoxy) is 2. The summed E-state index contributed by atoms with van der Waals surface area (Å²) < 4.78 is 49.6. The van der Waals surface area contributed by atoms with Crippen LogP contribution in [0.1, 0.15) is 30.1 Å². The molecular weight excluding hydrogens is 415 g/mol. The lowest BCUT2D eigenvalue weighted by Crippen LogP contribution is -2.28. The highest BCUT2D eigenvalue weighted by Gasteiger charge is 2.22. The topological polar surface area (TPSA) is 102 Å². The third kappa shape index (κ3) is 4.77. The van der Waals surface area contributed by atoms with Crippen molar-refractivity contribution in [1.29, 1.82) is 0 Å². The van der Waals surface area contributed by atoms with E-state index in [0.29, 0.717) is 22.7 Å². The average Bonchev–Trinajstić information content (AvgIpc) is 3.14. The van der Waals surface area contributed by atoms with Crippen molar-refractivity contribution in [3.8, 4) is 11.5 Å². The first kappa shape index (κ1) is 21.7. The number of rotatable bonds is 8. The molecule has 8 nitrogen and oxygen atoms in total. The van der Waals surface area contributed by atoms with Crippen LogP contribution in [0.15, 0.2) is 41.3 Å². The molecule has 1 amide bonds. The highest BCUT2D eigenvalue weighted by molar-refractivity contribution is 7.89. The van der Waals surface area contributed by atoms with Crippen LogP contribution in [0.25, 0.3) is 0 Å². The van der Waals surface area contributed by atoms with E-state index >= 15 is 0 Å². The van der Waals surface area contributed by atoms with Crippen LogP contribution in [0.4, 0.5) is 10.1 Å². The van der Waals surface area contributed by atoms with Gasteiger partial charge in [-0.05, 0) is 43.7 Å². The molecule has 2 aromatic carbocycles. The van der Waals surface area contributed by atoms with Crippen molar-refractivity contribution < 1.29 is 31.9 Å². The number of carbonyl (C=O) groups is 2. The van der Waals surface area contributed by atoms with Crippen LogP contribution in [0.3, 0.4) is 0 Å². The molecule has 1 aliphatic heterocycles. The van der Waals surface area contributed by atoms with Crippen LogP contribution < -0.4 is 14.8 Å². The molecule has 0 fully saturated rings. The van der Waals surface area contributed by atoms with Crippen molar-refractivity contribution in [3.05, 3.63) is 47.8 Å². The maximum absolute atomic E-state index is 13.0. The Hall–Kier alpha value is -2.98. The molecule has 0 aliphatic carbocycles. The number of halogens is 1. The first-order valence-electron chi connectivity index (χ1n) is 9.15. The van der Waals surface area contributed by atoms with Gasteiger partial charge in [0.05, 0.1) is 10.6 Å². The van der Waals surface area contributed by atoms with E-state index in [1.54, 1.807) is 0 Å². The molecule has 0 atom stereocenters. The van der Waals surface area contributed by atoms with Gasteiger partial charge in [0.2, 0.25) is 22.7 Å². The van der Waals surface area contributed by atoms with Crippen molar-refractivity contribution in [2.24, 2.45) is 0 Å². The number of amides is 1. The Labute approximate surface area is 173 Å². The van der Waals surface area contributed by atoms with Gasteiger partial charge in [0.1, 0.15) is 5.82 Å². The van der Waals surface area contributed by atoms with E-state index in [0.717, 1.165) is 16.4 Å². The number of hydrogen-bond acceptors (Lipinski definition) is 6. The Kier molecular flexibility index (Phi) is 6.37. The van der Waals surface area contributed by atoms with Gasteiger partial charge in [0.15, 0.2) is 17.3 Å². The molecule has 30 heavy (non-hydrogen) atoms. The molecule has 2 aromatic rings. The van der Waals surface area contributed by atoms with E-state index in [4.69, 9.17) is 9.47 Å². The van der Waals surface area contributed by atoms with Crippen molar-refractivity contribution in [2.45, 2.75) is 24.7 Å². The summed E-state index contributed by atoms with van der Waals surface area (Å²) in [6.45, 7) is 1.51. The second kappa shape index (κ2) is 8.80. The van der Waals surface area contributed by atoms with Gasteiger partial charge < -0.3 is 14.8 Å². The number of sulfonamides is 1. The van der Waals surface area contributed by atoms with Crippen LogP contribution in [-0.2, 0) is 14.8 Å². The zero-order chi connectivity index (χ0) is 21.9. The number of anilines is 1. The van der Waals surface area contributed by atoms with Crippen molar-refractivity contribution in [1.82, 2.24) is 4.31 Å². The van der Waals surface area contributed by atoms with E-state index < -0.39 is 15.8 Å². The number of ketones is 1. The SMILES string of the molecule is CC(=O)c1cc2c(cc1NC(=O)CCCN(C)S(=O)(=O)c1ccc(F)cc1)OCO2. The molecule has 0 saturated heterocycles. The van der Waals surface area contributed by atoms with Crippen LogP contribution in [0.2, 0.25) is 0 Å². The number of fused-ring (bicyclic) bond motifs is 1. The van der Waals surface area contributed by atoms with Gasteiger partial charge in [-0.2, -0.15) is 0 Å². The predicted octanol–water partition coefficient (Wildman–Crippen LogP) is 2.80. The number of Topliss-reactive ketones (excluding diaryl/α,β-unsaturated/α-hetero) is 1. The van der Waals surface area contributed by atoms with E-state index in [2.05, 4.69) is 5.32 Å². The summed E-state index contributed by atoms with van der Waals surface area (Å²) in [7, 11) is -2.39. The quantitative estimate of drug-likeness (QED) is 0.639. The first-order chi connectivity index (χ1) is 14.2. The van der Waals surface area contributed by atoms with Crippen LogP contribution in [0.5, 0.6) is 11.5 Å². The van der Waals surface area contributed by atoms with E-state index in [1.165, 1.54) is 38.2 Å². The summed E-state index contributed by atoms with van der Waals surface area (Å²) in [5.74, 6) is -0.273. The zero-order valence-corrected chi connectivity index (χ0v) is 17.3. The van der Waals surface area contributed by atoms with Crippen molar-refractivity contribution in [3.63, 3.8) is 0 Å². The minimum absolute atomic E-state index is 0.0256. The fourth-order valence-electron chi connectivity index (χ4n) is 2.92. The molecule has 0 unspecified atom stereocenters. The Bertz CT molecular complexity index is 1070. The van der Waals surface area contributed by atoms with Crippen LogP contribution >= 0.6 is 0 Å². The number of hydrogen-bond donors (Lipinski definition) is 1. The van der Waals surface area contributed by atoms with E-state index in [9.17, 15) is 22.4 Å². The van der Waals surface area contributed by atoms with E-state index in [-0.39, 0.29) is 42.8 Å². The zero-order valence-electron chi connectivity index (χ0n) is 16.5. The van der Waals surface area contributed by atoms with Gasteiger partial charge in [-0.25, -0.2) is 17.1 Å². The molecule has 0 bridgehead atoms. The van der Waals surface area contributed by atoms with Gasteiger partial charge in [-0.1, -0.05) is 0 Å². The number of nitrogens with one attached hydrogen (secondary N) is 1. The average molecular weight is 436 g/mol. The standard InChI is InChI=1S/C20H21FN2O6S/c1-13(24)16-10-18-19(29-12-28-18)11-17(16)22-20(25)4-3-9-23(2)30(26,27)15-7-5-14(21)6-8-15/h5-8,10-11H,3-4,9,12H2,1-2H3,(H,22,25). The molecule has 0 radical (unpaired) electrons. The van der Waals surface area contributed by atoms with E-state index in [1.807, 2.05) is 0 Å². The Morgan fingerprint density at radius 3 is 2.40 bits per heavy atom. The fourth-order valence-corrected chi connectivity index (χ4v) is 4.13. The number of nitrogens with zero attached hydrogens (tertiary/aromatic N) is 1. The predicted molar refractivity (Wildman–Crippen MR) is 107 cm³/mol. The minimum Gasteiger partial charge on any atom is -0.454 e. The largest absolute Gasteiger partial charge is 0.454 e. The summed E-state index contributed by atoms with van der Waals surface area (Å²) in [5.41, 5.74) is 0.604. The lowest BCUT2D eigenvalue weighted by molar-refractivity contribution is -0.116. The molecule has 1 N–H and O–H groups in total. The van der Waals surface area contributed by atoms with Crippen molar-refractivity contribution >= 4 is 27.4 Å². The normalized spacial score (nSPS) is 12.8. The Morgan fingerprint density at radius 2 is 1.77 bits per heavy atom. The van der Waals surface area contributed by atoms with Gasteiger partial charge >= 0.3 is 0 Å². The summed E-state index contributed by atoms with van der Waals surface area (Å²) in [6, 6.07) is 7.58. The Morgan fingerprint density at radius 1 is 1.13 bits per heavy atom. The van der Waals surface area contributed by atoms with Gasteiger partial charge in [0.25, 0.3) is 0 Å². The van der Waals surface area contributed by atoms with Crippen LogP contribution in [-0.4, -0.2) is 44.8 Å². The second-order valence-electron chi connectivity index (χ2n) is 6.74. The Balaban J connectivity index is 1.59. The van der Waals surface area contributed by atoms with Gasteiger partial charge in [-0.3, -0.25) is 9.59 Å². The highest BCUT2D eigenvalue weighted by atomic mass is 32.2. The summed E-state index contributed by atoms with van der Waals surface area (Å²) in [5, 5.41) is 2.67. The molecule has 0 aromatic heterocycles. The van der Waals surface area contributed by atoms with Crippen molar-refractivity contribution in [2.75, 3.05) is 25.7 Å². The minimum atomic E-state index is -3.78. The van der Waals surface area contributed by atoms with Crippen LogP contribution in [0, 0.1) is 5.82 Å². The number of carbonyl (C=O) groups excluding carboxylic acids is 2. The van der Waals surface area contributed by atoms with Gasteiger partial charge in [0, 0.05) is 31.6 Å². The highest BCUT2D eigenvalue weighted by Crippen LogP contribution is 2.37. The lowest BCUT2D eigenvalue weighted by atomic mass is 10.1. The first-order valence-corrected chi connectivity index (χ1v) is 10.6. The lowest BCUT2D eigenvalue weighted by Gasteiger charge is -2.17. The molecular formula is C20H21FN2O6S. The summed E-state index contributed by atoms with van der Waals surface area (Å²) in [6.07, 6.45) is 0.289. The molecule has 3 rings (SSSR count). The molecule has 1 heterocycles.